The number of hydrogen-bond acceptors (Lipinski definition) is 4. The average molecular weight is 401 g/mol. The molecule has 0 saturated carbocycles. The number of carbonyl (C=O) groups is 2. The number of nitrogens with one attached hydrogen (secondary N) is 1. The Morgan fingerprint density at radius 2 is 2.13 bits per heavy atom. The normalized spacial score (nSPS) is 17.5. The van der Waals surface area contributed by atoms with Gasteiger partial charge in [-0.15, -0.1) is 23.7 Å². The Labute approximate surface area is 155 Å². The number of rotatable bonds is 5. The van der Waals surface area contributed by atoms with E-state index in [2.05, 4.69) is 5.32 Å². The lowest BCUT2D eigenvalue weighted by molar-refractivity contribution is -0.121. The summed E-state index contributed by atoms with van der Waals surface area (Å²) in [7, 11) is 0. The van der Waals surface area contributed by atoms with E-state index in [1.807, 2.05) is 0 Å². The second-order valence-electron chi connectivity index (χ2n) is 5.23. The molecular formula is C14H20Cl3N3O2S. The van der Waals surface area contributed by atoms with E-state index in [0.717, 1.165) is 19.3 Å². The zero-order valence-electron chi connectivity index (χ0n) is 12.5. The third-order valence-electron chi connectivity index (χ3n) is 3.68. The highest BCUT2D eigenvalue weighted by Crippen LogP contribution is 2.33. The smallest absolute Gasteiger partial charge is 0.256 e. The van der Waals surface area contributed by atoms with Crippen molar-refractivity contribution in [2.24, 2.45) is 5.73 Å². The minimum atomic E-state index is -0.120. The summed E-state index contributed by atoms with van der Waals surface area (Å²) in [5, 5.41) is 2.84. The summed E-state index contributed by atoms with van der Waals surface area (Å²) in [6, 6.07) is 1.59. The molecular weight excluding hydrogens is 381 g/mol. The van der Waals surface area contributed by atoms with Crippen LogP contribution in [0.5, 0.6) is 0 Å². The minimum Gasteiger partial charge on any atom is -0.354 e. The summed E-state index contributed by atoms with van der Waals surface area (Å²) >= 11 is 13.2. The van der Waals surface area contributed by atoms with Gasteiger partial charge in [0.1, 0.15) is 4.34 Å². The van der Waals surface area contributed by atoms with Gasteiger partial charge in [-0.3, -0.25) is 9.59 Å². The highest BCUT2D eigenvalue weighted by molar-refractivity contribution is 7.20. The van der Waals surface area contributed by atoms with Crippen molar-refractivity contribution in [2.75, 3.05) is 19.6 Å². The molecule has 1 aliphatic heterocycles. The maximum atomic E-state index is 12.7. The number of halogens is 3. The van der Waals surface area contributed by atoms with Crippen LogP contribution in [0.3, 0.4) is 0 Å². The number of amides is 2. The Morgan fingerprint density at radius 1 is 1.39 bits per heavy atom. The summed E-state index contributed by atoms with van der Waals surface area (Å²) in [4.78, 5) is 26.0. The molecule has 1 aromatic heterocycles. The van der Waals surface area contributed by atoms with Gasteiger partial charge in [0.25, 0.3) is 5.91 Å². The third kappa shape index (κ3) is 5.50. The molecule has 1 aliphatic rings. The van der Waals surface area contributed by atoms with Gasteiger partial charge >= 0.3 is 0 Å². The van der Waals surface area contributed by atoms with E-state index in [-0.39, 0.29) is 30.3 Å². The minimum absolute atomic E-state index is 0. The van der Waals surface area contributed by atoms with Crippen LogP contribution in [0.1, 0.15) is 36.0 Å². The van der Waals surface area contributed by atoms with Gasteiger partial charge in [-0.2, -0.15) is 0 Å². The molecule has 2 rings (SSSR count). The predicted octanol–water partition coefficient (Wildman–Crippen LogP) is 2.94. The number of nitrogens with two attached hydrogens (primary N) is 1. The van der Waals surface area contributed by atoms with Crippen molar-refractivity contribution < 1.29 is 9.59 Å². The summed E-state index contributed by atoms with van der Waals surface area (Å²) in [5.74, 6) is -0.206. The molecule has 9 heteroatoms. The lowest BCUT2D eigenvalue weighted by Crippen LogP contribution is -2.49. The summed E-state index contributed by atoms with van der Waals surface area (Å²) in [6.45, 7) is 1.43. The Hall–Kier alpha value is -0.530. The van der Waals surface area contributed by atoms with Crippen molar-refractivity contribution in [2.45, 2.75) is 31.7 Å². The van der Waals surface area contributed by atoms with E-state index in [0.29, 0.717) is 40.3 Å². The van der Waals surface area contributed by atoms with Gasteiger partial charge in [-0.1, -0.05) is 23.2 Å². The first-order valence-corrected chi connectivity index (χ1v) is 8.82. The Kier molecular flexibility index (Phi) is 8.64. The summed E-state index contributed by atoms with van der Waals surface area (Å²) in [6.07, 6.45) is 3.16. The second kappa shape index (κ2) is 9.69. The Morgan fingerprint density at radius 3 is 2.74 bits per heavy atom. The Bertz CT molecular complexity index is 553. The molecule has 1 fully saturated rings. The van der Waals surface area contributed by atoms with Crippen molar-refractivity contribution in [1.82, 2.24) is 10.2 Å². The molecule has 0 bridgehead atoms. The molecule has 2 heterocycles. The SMILES string of the molecule is Cl.NCCC(=O)NCC1CCCCN1C(=O)c1cc(Cl)sc1Cl. The lowest BCUT2D eigenvalue weighted by atomic mass is 10.0. The number of carbonyl (C=O) groups excluding carboxylic acids is 2. The predicted molar refractivity (Wildman–Crippen MR) is 96.9 cm³/mol. The van der Waals surface area contributed by atoms with Crippen molar-refractivity contribution >= 4 is 58.8 Å². The van der Waals surface area contributed by atoms with Crippen molar-refractivity contribution in [3.8, 4) is 0 Å². The van der Waals surface area contributed by atoms with Gasteiger partial charge < -0.3 is 16.0 Å². The Balaban J connectivity index is 0.00000264. The fraction of sp³-hybridized carbons (Fsp3) is 0.571. The van der Waals surface area contributed by atoms with E-state index in [1.54, 1.807) is 11.0 Å². The van der Waals surface area contributed by atoms with Crippen LogP contribution in [0, 0.1) is 0 Å². The second-order valence-corrected chi connectivity index (χ2v) is 7.51. The van der Waals surface area contributed by atoms with Crippen LogP contribution in [0.15, 0.2) is 6.07 Å². The number of thiophene rings is 1. The van der Waals surface area contributed by atoms with Crippen molar-refractivity contribution in [3.63, 3.8) is 0 Å². The zero-order chi connectivity index (χ0) is 16.1. The molecule has 0 spiro atoms. The topological polar surface area (TPSA) is 75.4 Å². The monoisotopic (exact) mass is 399 g/mol. The van der Waals surface area contributed by atoms with Crippen LogP contribution < -0.4 is 11.1 Å². The number of likely N-dealkylation sites (tertiary alicyclic amines) is 1. The van der Waals surface area contributed by atoms with E-state index in [4.69, 9.17) is 28.9 Å². The number of nitrogens with zero attached hydrogens (tertiary/aromatic N) is 1. The summed E-state index contributed by atoms with van der Waals surface area (Å²) < 4.78 is 0.907. The fourth-order valence-corrected chi connectivity index (χ4v) is 4.02. The van der Waals surface area contributed by atoms with E-state index >= 15 is 0 Å². The molecule has 3 N–H and O–H groups in total. The molecule has 0 radical (unpaired) electrons. The molecule has 0 aliphatic carbocycles. The van der Waals surface area contributed by atoms with Gasteiger partial charge in [-0.05, 0) is 25.3 Å². The average Bonchev–Trinajstić information content (AvgIpc) is 2.84. The van der Waals surface area contributed by atoms with E-state index in [1.165, 1.54) is 11.3 Å². The number of hydrogen-bond donors (Lipinski definition) is 2. The molecule has 1 atom stereocenters. The quantitative estimate of drug-likeness (QED) is 0.798. The van der Waals surface area contributed by atoms with Crippen LogP contribution in [0.2, 0.25) is 8.67 Å². The maximum Gasteiger partial charge on any atom is 0.256 e. The molecule has 0 aromatic carbocycles. The zero-order valence-corrected chi connectivity index (χ0v) is 15.7. The van der Waals surface area contributed by atoms with Gasteiger partial charge in [0, 0.05) is 32.1 Å². The highest BCUT2D eigenvalue weighted by atomic mass is 35.5. The number of piperidine rings is 1. The third-order valence-corrected chi connectivity index (χ3v) is 5.17. The maximum absolute atomic E-state index is 12.7. The summed E-state index contributed by atoms with van der Waals surface area (Å²) in [5.41, 5.74) is 5.80. The lowest BCUT2D eigenvalue weighted by Gasteiger charge is -2.35. The van der Waals surface area contributed by atoms with Crippen molar-refractivity contribution in [1.29, 1.82) is 0 Å². The van der Waals surface area contributed by atoms with Crippen LogP contribution in [-0.2, 0) is 4.79 Å². The highest BCUT2D eigenvalue weighted by Gasteiger charge is 2.29. The first kappa shape index (κ1) is 20.5. The van der Waals surface area contributed by atoms with Gasteiger partial charge in [0.05, 0.1) is 9.90 Å². The first-order chi connectivity index (χ1) is 10.5. The van der Waals surface area contributed by atoms with E-state index < -0.39 is 0 Å². The van der Waals surface area contributed by atoms with Gasteiger partial charge in [0.2, 0.25) is 5.91 Å². The molecule has 1 saturated heterocycles. The molecule has 1 unspecified atom stereocenters. The van der Waals surface area contributed by atoms with Gasteiger partial charge in [0.15, 0.2) is 0 Å². The molecule has 130 valence electrons. The van der Waals surface area contributed by atoms with Crippen LogP contribution in [0.25, 0.3) is 0 Å². The van der Waals surface area contributed by atoms with Gasteiger partial charge in [-0.25, -0.2) is 0 Å². The molecule has 1 aromatic rings. The van der Waals surface area contributed by atoms with Crippen LogP contribution >= 0.6 is 46.9 Å². The molecule has 23 heavy (non-hydrogen) atoms. The van der Waals surface area contributed by atoms with Crippen molar-refractivity contribution in [3.05, 3.63) is 20.3 Å². The van der Waals surface area contributed by atoms with Crippen LogP contribution in [0.4, 0.5) is 0 Å². The largest absolute Gasteiger partial charge is 0.354 e. The first-order valence-electron chi connectivity index (χ1n) is 7.25. The molecule has 5 nitrogen and oxygen atoms in total. The fourth-order valence-electron chi connectivity index (χ4n) is 2.57. The van der Waals surface area contributed by atoms with E-state index in [9.17, 15) is 9.59 Å². The standard InChI is InChI=1S/C14H19Cl2N3O2S.ClH/c15-11-7-10(13(16)22-11)14(21)19-6-2-1-3-9(19)8-18-12(20)4-5-17;/h7,9H,1-6,8,17H2,(H,18,20);1H. The molecule has 2 amide bonds. The van der Waals surface area contributed by atoms with Crippen LogP contribution in [-0.4, -0.2) is 42.4 Å².